The molecule has 488 valence electrons. The van der Waals surface area contributed by atoms with Crippen molar-refractivity contribution in [1.29, 1.82) is 0 Å². The molecule has 9 amide bonds. The van der Waals surface area contributed by atoms with E-state index in [1.54, 1.807) is 30.3 Å². The third kappa shape index (κ3) is 28.2. The third-order valence-electron chi connectivity index (χ3n) is 13.6. The van der Waals surface area contributed by atoms with Gasteiger partial charge >= 0.3 is 11.9 Å². The van der Waals surface area contributed by atoms with Gasteiger partial charge in [0.2, 0.25) is 47.3 Å². The molecule has 0 unspecified atom stereocenters. The van der Waals surface area contributed by atoms with Crippen molar-refractivity contribution in [3.05, 3.63) is 47.7 Å². The Kier molecular flexibility index (Phi) is 36.1. The second kappa shape index (κ2) is 41.5. The number of aliphatic hydroxyl groups excluding tert-OH is 4. The van der Waals surface area contributed by atoms with Crippen LogP contribution in [0.4, 0.5) is 0 Å². The van der Waals surface area contributed by atoms with Crippen molar-refractivity contribution in [2.24, 2.45) is 27.9 Å². The zero-order valence-electron chi connectivity index (χ0n) is 49.1. The number of hydrogen-bond donors (Lipinski definition) is 18. The molecular weight excluding hydrogens is 1160 g/mol. The number of aliphatic imine (C=N–C) groups is 1. The van der Waals surface area contributed by atoms with Gasteiger partial charge in [-0.15, -0.1) is 11.6 Å². The van der Waals surface area contributed by atoms with Gasteiger partial charge < -0.3 is 101 Å². The van der Waals surface area contributed by atoms with Crippen LogP contribution in [0.5, 0.6) is 0 Å². The van der Waals surface area contributed by atoms with Crippen molar-refractivity contribution in [2.45, 2.75) is 183 Å². The van der Waals surface area contributed by atoms with E-state index >= 15 is 0 Å². The van der Waals surface area contributed by atoms with Gasteiger partial charge in [0.1, 0.15) is 54.6 Å². The van der Waals surface area contributed by atoms with Gasteiger partial charge in [-0.3, -0.25) is 48.1 Å². The highest BCUT2D eigenvalue weighted by molar-refractivity contribution is 6.18. The number of allylic oxidation sites excluding steroid dienone is 1. The topological polar surface area (TPSA) is 523 Å². The number of alkyl halides is 1. The zero-order chi connectivity index (χ0) is 65.0. The lowest BCUT2D eigenvalue weighted by molar-refractivity contribution is -0.155. The van der Waals surface area contributed by atoms with Crippen LogP contribution < -0.4 is 70.8 Å². The number of carboxylic acids is 1. The van der Waals surface area contributed by atoms with Crippen LogP contribution in [0, 0.1) is 0 Å². The van der Waals surface area contributed by atoms with E-state index in [0.717, 1.165) is 57.4 Å². The van der Waals surface area contributed by atoms with Gasteiger partial charge in [-0.2, -0.15) is 0 Å². The fraction of sp³-hybridized carbons (Fsp3) is 0.636. The normalized spacial score (nSPS) is 23.5. The van der Waals surface area contributed by atoms with Gasteiger partial charge in [0.25, 0.3) is 5.91 Å². The Morgan fingerprint density at radius 3 is 1.74 bits per heavy atom. The number of ether oxygens (including phenoxy) is 1. The second-order valence-corrected chi connectivity index (χ2v) is 20.9. The first-order valence-corrected chi connectivity index (χ1v) is 29.5. The quantitative estimate of drug-likeness (QED) is 0.00934. The minimum atomic E-state index is -2.81. The minimum Gasteiger partial charge on any atom is -0.479 e. The highest BCUT2D eigenvalue weighted by Crippen LogP contribution is 2.14. The molecule has 22 N–H and O–H groups in total. The number of benzene rings is 1. The monoisotopic (exact) mass is 1250 g/mol. The van der Waals surface area contributed by atoms with E-state index in [1.807, 2.05) is 10.6 Å². The molecule has 1 aliphatic rings. The predicted molar refractivity (Wildman–Crippen MR) is 316 cm³/mol. The van der Waals surface area contributed by atoms with Crippen molar-refractivity contribution in [1.82, 2.24) is 47.9 Å². The molecule has 0 radical (unpaired) electrons. The molecule has 11 atom stereocenters. The SMILES string of the molecule is C/C=C1\NC(=O)[C@H](Cc2ccccc2)NC(=O)[C@H](CCCN=C(N)N)NC(=O)[C@@H](CCN)NC(=O)[C@H](CCN)NC(=O)[C@@H](CO)NC(=O)[C@@H](NC(=O)C[C@H](O)CCCCCCCCCCC)COC(=O)[C@H]([C@H](O)CCl)NC(=O)[C@H]([C@@H](O)C(=O)O)NC1=O. The maximum absolute atomic E-state index is 14.4. The van der Waals surface area contributed by atoms with Gasteiger partial charge in [0, 0.05) is 13.0 Å². The Bertz CT molecular complexity index is 2480. The highest BCUT2D eigenvalue weighted by atomic mass is 35.5. The number of carbonyl (C=O) groups is 11. The molecule has 1 saturated heterocycles. The maximum atomic E-state index is 14.4. The van der Waals surface area contributed by atoms with Gasteiger partial charge in [-0.1, -0.05) is 101 Å². The molecule has 31 nitrogen and oxygen atoms in total. The number of cyclic esters (lactones) is 1. The van der Waals surface area contributed by atoms with E-state index in [4.69, 9.17) is 39.3 Å². The first-order valence-electron chi connectivity index (χ1n) is 28.9. The number of aliphatic hydroxyl groups is 4. The summed E-state index contributed by atoms with van der Waals surface area (Å²) in [5.41, 5.74) is 22.5. The number of halogens is 1. The van der Waals surface area contributed by atoms with E-state index < -0.39 is 163 Å². The van der Waals surface area contributed by atoms with Crippen LogP contribution in [-0.4, -0.2) is 202 Å². The number of hydrogen-bond acceptors (Lipinski definition) is 19. The number of nitrogens with two attached hydrogens (primary N) is 4. The average Bonchev–Trinajstić information content (AvgIpc) is 2.80. The fourth-order valence-electron chi connectivity index (χ4n) is 8.73. The summed E-state index contributed by atoms with van der Waals surface area (Å²) in [5.74, 6) is -15.6. The largest absolute Gasteiger partial charge is 0.479 e. The minimum absolute atomic E-state index is 0.0369. The predicted octanol–water partition coefficient (Wildman–Crippen LogP) is -4.86. The molecule has 1 aromatic rings. The van der Waals surface area contributed by atoms with Crippen LogP contribution >= 0.6 is 11.6 Å². The Labute approximate surface area is 509 Å². The van der Waals surface area contributed by atoms with Crippen molar-refractivity contribution in [3.63, 3.8) is 0 Å². The number of carboxylic acid groups (broad SMARTS) is 1. The number of aliphatic carboxylic acids is 1. The number of guanidine groups is 1. The summed E-state index contributed by atoms with van der Waals surface area (Å²) in [5, 5.41) is 73.3. The molecule has 32 heteroatoms. The molecule has 1 aromatic carbocycles. The first kappa shape index (κ1) is 75.5. The summed E-state index contributed by atoms with van der Waals surface area (Å²) < 4.78 is 5.29. The molecule has 1 fully saturated rings. The number of carbonyl (C=O) groups excluding carboxylic acids is 10. The zero-order valence-corrected chi connectivity index (χ0v) is 49.9. The molecule has 1 aliphatic heterocycles. The standard InChI is InChI=1S/C55H89ClN14O17/c1-3-5-6-7-8-9-10-11-15-19-32(72)27-41(74)62-39-30-87-54(86)42(40(73)28-56)69-52(83)43(44(75)53(84)85)70-45(76)33(4-2)63-49(80)37(26-31-17-13-12-14-18-31)67-46(77)34(20-16-25-61-55(59)60)64-47(78)35(21-23-57)65-48(79)36(22-24-58)66-50(81)38(29-71)68-51(39)82/h4,12-14,17-18,32,34-40,42-44,71-73,75H,3,5-11,15-16,19-30,57-58H2,1-2H3,(H,62,74)(H,63,80)(H,64,78)(H,65,79)(H,66,81)(H,67,77)(H,68,82)(H,69,83)(H,70,76)(H,84,85)(H4,59,60,61)/b33-4-/t32-,34+,35-,36+,37+,38-,39+,40-,42+,43+,44-/m1/s1. The van der Waals surface area contributed by atoms with Crippen LogP contribution in [0.25, 0.3) is 0 Å². The van der Waals surface area contributed by atoms with Crippen molar-refractivity contribution < 1.29 is 83.0 Å². The van der Waals surface area contributed by atoms with E-state index in [9.17, 15) is 78.3 Å². The maximum Gasteiger partial charge on any atom is 0.335 e. The van der Waals surface area contributed by atoms with Crippen LogP contribution in [0.1, 0.15) is 116 Å². The van der Waals surface area contributed by atoms with E-state index in [0.29, 0.717) is 12.0 Å². The first-order chi connectivity index (χ1) is 41.4. The van der Waals surface area contributed by atoms with Gasteiger partial charge in [0.05, 0.1) is 31.1 Å². The van der Waals surface area contributed by atoms with E-state index in [1.165, 1.54) is 6.92 Å². The average molecular weight is 1250 g/mol. The van der Waals surface area contributed by atoms with Crippen molar-refractivity contribution in [2.75, 3.05) is 38.7 Å². The van der Waals surface area contributed by atoms with E-state index in [2.05, 4.69) is 49.1 Å². The van der Waals surface area contributed by atoms with Gasteiger partial charge in [0.15, 0.2) is 18.1 Å². The smallest absolute Gasteiger partial charge is 0.335 e. The number of rotatable bonds is 28. The number of esters is 1. The lowest BCUT2D eigenvalue weighted by Crippen LogP contribution is -2.62. The van der Waals surface area contributed by atoms with Gasteiger partial charge in [-0.05, 0) is 57.7 Å². The van der Waals surface area contributed by atoms with Crippen LogP contribution in [0.15, 0.2) is 47.1 Å². The fourth-order valence-corrected chi connectivity index (χ4v) is 8.91. The molecule has 87 heavy (non-hydrogen) atoms. The Morgan fingerprint density at radius 2 is 1.22 bits per heavy atom. The second-order valence-electron chi connectivity index (χ2n) is 20.6. The number of nitrogens with zero attached hydrogens (tertiary/aromatic N) is 1. The number of amides is 9. The summed E-state index contributed by atoms with van der Waals surface area (Å²) >= 11 is 5.89. The van der Waals surface area contributed by atoms with Crippen molar-refractivity contribution >= 4 is 82.7 Å². The molecular formula is C55H89ClN14O17. The van der Waals surface area contributed by atoms with E-state index in [-0.39, 0.29) is 64.1 Å². The Hall–Kier alpha value is -7.55. The highest BCUT2D eigenvalue weighted by Gasteiger charge is 2.40. The number of nitrogens with one attached hydrogen (secondary N) is 9. The molecule has 0 saturated carbocycles. The third-order valence-corrected chi connectivity index (χ3v) is 13.9. The Morgan fingerprint density at radius 1 is 0.690 bits per heavy atom. The van der Waals surface area contributed by atoms with Crippen LogP contribution in [0.2, 0.25) is 0 Å². The Balaban J connectivity index is 2.77. The molecule has 1 heterocycles. The lowest BCUT2D eigenvalue weighted by Gasteiger charge is -2.28. The summed E-state index contributed by atoms with van der Waals surface area (Å²) in [7, 11) is 0. The summed E-state index contributed by atoms with van der Waals surface area (Å²) in [6, 6.07) is -6.93. The van der Waals surface area contributed by atoms with Crippen LogP contribution in [-0.2, 0) is 63.9 Å². The molecule has 2 rings (SSSR count). The molecule has 0 aliphatic carbocycles. The molecule has 0 bridgehead atoms. The summed E-state index contributed by atoms with van der Waals surface area (Å²) in [6.07, 6.45) is 2.27. The molecule has 0 aromatic heterocycles. The number of unbranched alkanes of at least 4 members (excludes halogenated alkanes) is 8. The van der Waals surface area contributed by atoms with Crippen LogP contribution in [0.3, 0.4) is 0 Å². The van der Waals surface area contributed by atoms with Gasteiger partial charge in [-0.25, -0.2) is 9.59 Å². The summed E-state index contributed by atoms with van der Waals surface area (Å²) in [6.45, 7) is 0.465. The lowest BCUT2D eigenvalue weighted by atomic mass is 10.0. The van der Waals surface area contributed by atoms with Crippen molar-refractivity contribution in [3.8, 4) is 0 Å². The molecule has 0 spiro atoms. The summed E-state index contributed by atoms with van der Waals surface area (Å²) in [4.78, 5) is 156.